The second-order valence-corrected chi connectivity index (χ2v) is 9.28. The number of carbonyl (C=O) groups excluding carboxylic acids is 1. The van der Waals surface area contributed by atoms with Crippen molar-refractivity contribution in [2.45, 2.75) is 56.9 Å². The molecule has 0 heterocycles. The fourth-order valence-corrected chi connectivity index (χ4v) is 6.44. The van der Waals surface area contributed by atoms with Crippen LogP contribution < -0.4 is 5.32 Å². The predicted octanol–water partition coefficient (Wildman–Crippen LogP) is 4.95. The van der Waals surface area contributed by atoms with Gasteiger partial charge < -0.3 is 5.32 Å². The molecule has 0 spiro atoms. The molecule has 0 atom stereocenters. The molecule has 4 heteroatoms. The third kappa shape index (κ3) is 3.57. The van der Waals surface area contributed by atoms with Crippen molar-refractivity contribution in [2.75, 3.05) is 11.8 Å². The quantitative estimate of drug-likeness (QED) is 0.696. The van der Waals surface area contributed by atoms with Gasteiger partial charge in [-0.05, 0) is 86.3 Å². The zero-order valence-electron chi connectivity index (χ0n) is 14.7. The van der Waals surface area contributed by atoms with Crippen LogP contribution in [0.4, 0.5) is 0 Å². The molecule has 4 bridgehead atoms. The van der Waals surface area contributed by atoms with Crippen LogP contribution in [0.3, 0.4) is 0 Å². The van der Waals surface area contributed by atoms with Gasteiger partial charge in [0.15, 0.2) is 0 Å². The van der Waals surface area contributed by atoms with Crippen molar-refractivity contribution in [1.82, 2.24) is 5.32 Å². The van der Waals surface area contributed by atoms with Crippen LogP contribution >= 0.6 is 23.2 Å². The summed E-state index contributed by atoms with van der Waals surface area (Å²) in [7, 11) is 0. The minimum atomic E-state index is 0.0544. The van der Waals surface area contributed by atoms with E-state index in [4.69, 9.17) is 23.2 Å². The molecule has 0 aromatic heterocycles. The molecule has 5 rings (SSSR count). The molecule has 0 radical (unpaired) electrons. The Bertz CT molecular complexity index is 622. The van der Waals surface area contributed by atoms with Gasteiger partial charge in [0.2, 0.25) is 0 Å². The van der Waals surface area contributed by atoms with E-state index in [0.29, 0.717) is 11.8 Å². The lowest BCUT2D eigenvalue weighted by molar-refractivity contribution is -0.0167. The van der Waals surface area contributed by atoms with Crippen molar-refractivity contribution in [3.63, 3.8) is 0 Å². The van der Waals surface area contributed by atoms with Gasteiger partial charge in [0.25, 0.3) is 5.91 Å². The summed E-state index contributed by atoms with van der Waals surface area (Å²) in [6, 6.07) is 6.12. The zero-order valence-corrected chi connectivity index (χ0v) is 16.2. The summed E-state index contributed by atoms with van der Waals surface area (Å²) in [6.07, 6.45) is 9.26. The highest BCUT2D eigenvalue weighted by Crippen LogP contribution is 2.55. The molecule has 2 nitrogen and oxygen atoms in total. The summed E-state index contributed by atoms with van der Waals surface area (Å²) < 4.78 is 0. The number of amides is 1. The zero-order chi connectivity index (χ0) is 17.4. The number of hydrogen-bond donors (Lipinski definition) is 1. The molecule has 4 fully saturated rings. The third-order valence-corrected chi connectivity index (χ3v) is 6.96. The second kappa shape index (κ2) is 7.12. The molecule has 1 N–H and O–H groups in total. The molecule has 4 saturated carbocycles. The van der Waals surface area contributed by atoms with Crippen LogP contribution in [0.25, 0.3) is 0 Å². The number of nitrogens with one attached hydrogen (secondary N) is 1. The average Bonchev–Trinajstić information content (AvgIpc) is 2.54. The Labute approximate surface area is 160 Å². The van der Waals surface area contributed by atoms with Gasteiger partial charge >= 0.3 is 0 Å². The molecule has 25 heavy (non-hydrogen) atoms. The monoisotopic (exact) mass is 379 g/mol. The Balaban J connectivity index is 1.54. The Morgan fingerprint density at radius 3 is 2.16 bits per heavy atom. The van der Waals surface area contributed by atoms with Gasteiger partial charge in [-0.3, -0.25) is 4.79 Å². The van der Waals surface area contributed by atoms with Crippen molar-refractivity contribution in [3.8, 4) is 0 Å². The van der Waals surface area contributed by atoms with Crippen molar-refractivity contribution >= 4 is 29.1 Å². The molecule has 0 aliphatic heterocycles. The largest absolute Gasteiger partial charge is 0.347 e. The van der Waals surface area contributed by atoms with Crippen LogP contribution in [0.1, 0.15) is 60.0 Å². The predicted molar refractivity (Wildman–Crippen MR) is 104 cm³/mol. The Kier molecular flexibility index (Phi) is 5.03. The minimum absolute atomic E-state index is 0.0544. The van der Waals surface area contributed by atoms with E-state index >= 15 is 0 Å². The normalized spacial score (nSPS) is 32.8. The highest BCUT2D eigenvalue weighted by molar-refractivity contribution is 6.18. The van der Waals surface area contributed by atoms with Crippen molar-refractivity contribution in [3.05, 3.63) is 34.9 Å². The topological polar surface area (TPSA) is 29.1 Å². The summed E-state index contributed by atoms with van der Waals surface area (Å²) >= 11 is 11.9. The molecular formula is C21H27Cl2NO. The molecule has 136 valence electrons. The first kappa shape index (κ1) is 17.7. The summed E-state index contributed by atoms with van der Waals surface area (Å²) in [6.45, 7) is 0. The number of benzene rings is 1. The first-order chi connectivity index (χ1) is 12.1. The number of aryl methyl sites for hydroxylation is 2. The van der Waals surface area contributed by atoms with Crippen LogP contribution in [0, 0.1) is 17.8 Å². The first-order valence-electron chi connectivity index (χ1n) is 9.67. The average molecular weight is 380 g/mol. The summed E-state index contributed by atoms with van der Waals surface area (Å²) in [4.78, 5) is 13.1. The van der Waals surface area contributed by atoms with Crippen molar-refractivity contribution in [2.24, 2.45) is 17.8 Å². The smallest absolute Gasteiger partial charge is 0.251 e. The molecule has 0 unspecified atom stereocenters. The molecule has 4 aliphatic rings. The van der Waals surface area contributed by atoms with Gasteiger partial charge in [-0.25, -0.2) is 0 Å². The molecule has 4 aliphatic carbocycles. The third-order valence-electron chi connectivity index (χ3n) is 6.58. The SMILES string of the molecule is O=C(NC12CC3CC(CC(C3)C1)C2)c1ccc(CCCl)cc1CCCl. The van der Waals surface area contributed by atoms with Crippen LogP contribution in [0.5, 0.6) is 0 Å². The van der Waals surface area contributed by atoms with Gasteiger partial charge in [-0.15, -0.1) is 23.2 Å². The number of rotatable bonds is 6. The molecule has 1 amide bonds. The van der Waals surface area contributed by atoms with Gasteiger partial charge in [-0.2, -0.15) is 0 Å². The van der Waals surface area contributed by atoms with Crippen LogP contribution in [-0.2, 0) is 12.8 Å². The van der Waals surface area contributed by atoms with Gasteiger partial charge in [0, 0.05) is 22.9 Å². The maximum absolute atomic E-state index is 13.1. The fourth-order valence-electron chi connectivity index (χ4n) is 6.01. The maximum atomic E-state index is 13.1. The lowest BCUT2D eigenvalue weighted by atomic mass is 9.53. The standard InChI is InChI=1S/C21H27Cl2NO/c22-5-3-14-1-2-19(18(10-14)4-6-23)20(25)24-21-11-15-7-16(12-21)9-17(8-15)13-21/h1-2,10,15-17H,3-9,11-13H2,(H,24,25). The van der Waals surface area contributed by atoms with Crippen molar-refractivity contribution in [1.29, 1.82) is 0 Å². The highest BCUT2D eigenvalue weighted by Gasteiger charge is 2.51. The summed E-state index contributed by atoms with van der Waals surface area (Å²) in [5.41, 5.74) is 3.09. The van der Waals surface area contributed by atoms with Gasteiger partial charge in [-0.1, -0.05) is 12.1 Å². The van der Waals surface area contributed by atoms with E-state index in [1.165, 1.54) is 44.1 Å². The lowest BCUT2D eigenvalue weighted by Gasteiger charge is -2.56. The number of halogens is 2. The summed E-state index contributed by atoms with van der Waals surface area (Å²) in [5.74, 6) is 3.72. The van der Waals surface area contributed by atoms with E-state index in [-0.39, 0.29) is 11.4 Å². The van der Waals surface area contributed by atoms with E-state index in [2.05, 4.69) is 11.4 Å². The lowest BCUT2D eigenvalue weighted by Crippen LogP contribution is -2.59. The number of alkyl halides is 2. The molecular weight excluding hydrogens is 353 g/mol. The van der Waals surface area contributed by atoms with E-state index in [0.717, 1.165) is 41.7 Å². The first-order valence-corrected chi connectivity index (χ1v) is 10.7. The second-order valence-electron chi connectivity index (χ2n) is 8.52. The Morgan fingerprint density at radius 1 is 1.00 bits per heavy atom. The van der Waals surface area contributed by atoms with E-state index in [9.17, 15) is 4.79 Å². The number of carbonyl (C=O) groups is 1. The van der Waals surface area contributed by atoms with E-state index in [1.54, 1.807) is 0 Å². The van der Waals surface area contributed by atoms with Crippen LogP contribution in [0.2, 0.25) is 0 Å². The summed E-state index contributed by atoms with van der Waals surface area (Å²) in [5, 5.41) is 3.48. The van der Waals surface area contributed by atoms with E-state index < -0.39 is 0 Å². The van der Waals surface area contributed by atoms with Crippen molar-refractivity contribution < 1.29 is 4.79 Å². The maximum Gasteiger partial charge on any atom is 0.251 e. The number of hydrogen-bond acceptors (Lipinski definition) is 1. The Morgan fingerprint density at radius 2 is 1.60 bits per heavy atom. The minimum Gasteiger partial charge on any atom is -0.347 e. The van der Waals surface area contributed by atoms with Gasteiger partial charge in [0.1, 0.15) is 0 Å². The molecule has 1 aromatic rings. The molecule has 0 saturated heterocycles. The highest BCUT2D eigenvalue weighted by atomic mass is 35.5. The molecule has 1 aromatic carbocycles. The fraction of sp³-hybridized carbons (Fsp3) is 0.667. The van der Waals surface area contributed by atoms with E-state index in [1.807, 2.05) is 12.1 Å². The van der Waals surface area contributed by atoms with Crippen LogP contribution in [-0.4, -0.2) is 23.2 Å². The van der Waals surface area contributed by atoms with Gasteiger partial charge in [0.05, 0.1) is 0 Å². The van der Waals surface area contributed by atoms with Crippen LogP contribution in [0.15, 0.2) is 18.2 Å². The Hall–Kier alpha value is -0.730.